The molecule has 2 saturated heterocycles. The number of rotatable bonds is 16. The van der Waals surface area contributed by atoms with E-state index in [1.807, 2.05) is 32.8 Å². The molecule has 0 bridgehead atoms. The van der Waals surface area contributed by atoms with Gasteiger partial charge in [0, 0.05) is 52.9 Å². The van der Waals surface area contributed by atoms with Crippen molar-refractivity contribution >= 4 is 138 Å². The van der Waals surface area contributed by atoms with E-state index in [1.54, 1.807) is 104 Å². The molecule has 6 atom stereocenters. The number of nitrogens with one attached hydrogen (secondary N) is 5. The predicted octanol–water partition coefficient (Wildman–Crippen LogP) is 6.89. The summed E-state index contributed by atoms with van der Waals surface area (Å²) >= 11 is 20.6. The summed E-state index contributed by atoms with van der Waals surface area (Å²) in [6.07, 6.45) is 10.2. The van der Waals surface area contributed by atoms with Crippen molar-refractivity contribution in [2.24, 2.45) is 31.7 Å². The largest absolute Gasteiger partial charge is 0.480 e. The molecule has 27 nitrogen and oxygen atoms in total. The molecular weight excluding hydrogens is 1320 g/mol. The number of thioether (sulfide) groups is 2. The molecule has 490 valence electrons. The number of nitrogens with zero attached hydrogens (tertiary/aromatic N) is 12. The van der Waals surface area contributed by atoms with E-state index in [1.165, 1.54) is 57.3 Å². The van der Waals surface area contributed by atoms with Gasteiger partial charge in [-0.1, -0.05) is 119 Å². The van der Waals surface area contributed by atoms with E-state index in [4.69, 9.17) is 56.2 Å². The van der Waals surface area contributed by atoms with Gasteiger partial charge < -0.3 is 52.9 Å². The second kappa shape index (κ2) is 31.5. The Kier molecular flexibility index (Phi) is 23.1. The Labute approximate surface area is 559 Å². The highest BCUT2D eigenvalue weighted by Gasteiger charge is 2.48. The van der Waals surface area contributed by atoms with Crippen molar-refractivity contribution in [3.63, 3.8) is 0 Å². The van der Waals surface area contributed by atoms with Gasteiger partial charge in [-0.15, -0.1) is 5.06 Å². The molecule has 2 aromatic heterocycles. The fourth-order valence-corrected chi connectivity index (χ4v) is 12.2. The average Bonchev–Trinajstić information content (AvgIpc) is 1.60. The Morgan fingerprint density at radius 3 is 1.50 bits per heavy atom. The van der Waals surface area contributed by atoms with Gasteiger partial charge in [0.15, 0.2) is 33.4 Å². The van der Waals surface area contributed by atoms with Gasteiger partial charge in [0.25, 0.3) is 11.8 Å². The lowest BCUT2D eigenvalue weighted by Crippen LogP contribution is -2.55. The normalized spacial score (nSPS) is 19.5. The van der Waals surface area contributed by atoms with Crippen LogP contribution in [0.2, 0.25) is 10.0 Å². The first kappa shape index (κ1) is 69.0. The van der Waals surface area contributed by atoms with Crippen molar-refractivity contribution < 1.29 is 47.5 Å². The highest BCUT2D eigenvalue weighted by molar-refractivity contribution is 8.15. The van der Waals surface area contributed by atoms with E-state index < -0.39 is 70.2 Å². The molecule has 94 heavy (non-hydrogen) atoms. The molecular formula is C60H60Cl3F2N19O8S2. The first-order chi connectivity index (χ1) is 45.0. The van der Waals surface area contributed by atoms with Crippen LogP contribution >= 0.6 is 58.3 Å². The zero-order chi connectivity index (χ0) is 67.3. The molecule has 6 aromatic rings. The highest BCUT2D eigenvalue weighted by atomic mass is 35.5. The molecule has 8 heterocycles. The Morgan fingerprint density at radius 2 is 1.12 bits per heavy atom. The lowest BCUT2D eigenvalue weighted by atomic mass is 10.0. The van der Waals surface area contributed by atoms with Crippen molar-refractivity contribution in [2.75, 3.05) is 61.5 Å². The van der Waals surface area contributed by atoms with E-state index >= 15 is 4.39 Å². The van der Waals surface area contributed by atoms with Gasteiger partial charge in [0.05, 0.1) is 53.6 Å². The molecule has 4 unspecified atom stereocenters. The number of aromatic nitrogens is 4. The number of fused-ring (bicyclic) bond motifs is 2. The number of hydroxylamine groups is 2. The molecule has 4 amide bonds. The molecule has 4 aromatic carbocycles. The van der Waals surface area contributed by atoms with Crippen LogP contribution in [-0.2, 0) is 33.6 Å². The Balaban J connectivity index is 0.000000170. The van der Waals surface area contributed by atoms with Crippen molar-refractivity contribution in [3.05, 3.63) is 155 Å². The van der Waals surface area contributed by atoms with Crippen LogP contribution in [0.1, 0.15) is 26.7 Å². The quantitative estimate of drug-likeness (QED) is 0.0457. The van der Waals surface area contributed by atoms with Crippen LogP contribution in [0.15, 0.2) is 153 Å². The highest BCUT2D eigenvalue weighted by Crippen LogP contribution is 2.39. The number of carbonyl (C=O) groups is 6. The van der Waals surface area contributed by atoms with E-state index in [-0.39, 0.29) is 53.4 Å². The number of aliphatic imine (C=N–C) groups is 2. The Bertz CT molecular complexity index is 4010. The standard InChI is InChI=1S/C27H23ClFN9O4S.C16H14ClFN2O.C11H11N7O3S.C6H12ClN/c28-17-6-2-1-4-15(17)16-5-3-7-18(21(16)29)34-25(41)19-8-9-38(19)42-20(39)12-37-26-23(22(36-37)24(30)40)35-27(43-26)33-14-10-31-13-32-11-14;17-12-6-2-1-4-10(12)11-5-3-7-13(15(11)18)20-16(21)14-8-9-19-14;12-9(21)7-8-10(18(17-7)3-6(19)20)22-11(16-8)15-5-1-13-4-14-2-5;1-5(2)6(7)8(3)4/h1-7,10-11,13,19,23,26H,8-9,12H2,(H2,30,40)(H,33,35)(H,34,41);1-7,14,19H,8-9H2,(H,20,21);1-2,4,8,10H,3H2,(H2,12,21)(H,15,16)(H,19,20);1-4H3/t19-,23?,26?;14-;;/m00../s1. The van der Waals surface area contributed by atoms with E-state index in [2.05, 4.69) is 66.7 Å². The van der Waals surface area contributed by atoms with Crippen LogP contribution < -0.4 is 38.1 Å². The number of benzene rings is 4. The molecule has 0 radical (unpaired) electrons. The number of carboxylic acids is 1. The van der Waals surface area contributed by atoms with Crippen LogP contribution in [-0.4, -0.2) is 178 Å². The van der Waals surface area contributed by atoms with Gasteiger partial charge in [-0.25, -0.2) is 43.5 Å². The summed E-state index contributed by atoms with van der Waals surface area (Å²) in [6, 6.07) is 21.0. The number of carbonyl (C=O) groups excluding carboxylic acids is 5. The summed E-state index contributed by atoms with van der Waals surface area (Å²) < 4.78 is 29.9. The van der Waals surface area contributed by atoms with Crippen molar-refractivity contribution in [1.29, 1.82) is 0 Å². The monoisotopic (exact) mass is 1380 g/mol. The zero-order valence-electron chi connectivity index (χ0n) is 50.3. The molecule has 34 heteroatoms. The summed E-state index contributed by atoms with van der Waals surface area (Å²) in [5, 5.41) is 37.0. The van der Waals surface area contributed by atoms with Crippen LogP contribution in [0.25, 0.3) is 22.3 Å². The molecule has 2 fully saturated rings. The van der Waals surface area contributed by atoms with Crippen LogP contribution in [0.4, 0.5) is 31.5 Å². The number of primary amides is 2. The van der Waals surface area contributed by atoms with Crippen molar-refractivity contribution in [1.82, 2.24) is 45.2 Å². The van der Waals surface area contributed by atoms with Crippen LogP contribution in [0, 0.1) is 11.6 Å². The van der Waals surface area contributed by atoms with E-state index in [0.717, 1.165) is 23.7 Å². The van der Waals surface area contributed by atoms with Crippen molar-refractivity contribution in [2.45, 2.75) is 61.6 Å². The summed E-state index contributed by atoms with van der Waals surface area (Å²) in [5.41, 5.74) is 15.1. The van der Waals surface area contributed by atoms with Gasteiger partial charge in [-0.05, 0) is 63.1 Å². The molecule has 0 spiro atoms. The van der Waals surface area contributed by atoms with Gasteiger partial charge in [0.1, 0.15) is 59.8 Å². The fraction of sp³-hybridized carbons (Fsp3) is 0.267. The lowest BCUT2D eigenvalue weighted by molar-refractivity contribution is -0.225. The third-order valence-electron chi connectivity index (χ3n) is 14.1. The van der Waals surface area contributed by atoms with Gasteiger partial charge in [0.2, 0.25) is 11.8 Å². The third-order valence-corrected chi connectivity index (χ3v) is 17.9. The Hall–Kier alpha value is -9.37. The molecule has 6 aliphatic heterocycles. The zero-order valence-corrected chi connectivity index (χ0v) is 54.2. The lowest BCUT2D eigenvalue weighted by Gasteiger charge is -2.37. The van der Waals surface area contributed by atoms with Crippen LogP contribution in [0.5, 0.6) is 0 Å². The van der Waals surface area contributed by atoms with Gasteiger partial charge in [-0.3, -0.25) is 34.0 Å². The number of anilines is 4. The minimum Gasteiger partial charge on any atom is -0.480 e. The summed E-state index contributed by atoms with van der Waals surface area (Å²) in [5.74, 6) is -5.09. The maximum absolute atomic E-state index is 15.3. The number of carboxylic acid groups (broad SMARTS) is 1. The van der Waals surface area contributed by atoms with Crippen molar-refractivity contribution in [3.8, 4) is 22.3 Å². The van der Waals surface area contributed by atoms with Gasteiger partial charge in [-0.2, -0.15) is 10.2 Å². The number of nitrogens with two attached hydrogens (primary N) is 2. The van der Waals surface area contributed by atoms with Crippen LogP contribution in [0.3, 0.4) is 0 Å². The smallest absolute Gasteiger partial charge is 0.346 e. The molecule has 6 aliphatic rings. The molecule has 0 aliphatic carbocycles. The first-order valence-electron chi connectivity index (χ1n) is 28.5. The molecule has 10 N–H and O–H groups in total. The average molecular weight is 1380 g/mol. The maximum atomic E-state index is 15.3. The minimum atomic E-state index is -1.05. The number of amidine groups is 2. The number of amides is 4. The fourth-order valence-electron chi connectivity index (χ4n) is 9.48. The first-order valence-corrected chi connectivity index (χ1v) is 31.4. The summed E-state index contributed by atoms with van der Waals surface area (Å²) in [4.78, 5) is 104. The molecule has 0 saturated carbocycles. The number of hydrazone groups is 2. The number of hydrogen-bond acceptors (Lipinski definition) is 24. The predicted molar refractivity (Wildman–Crippen MR) is 357 cm³/mol. The number of allylic oxidation sites excluding steroid dienone is 1. The summed E-state index contributed by atoms with van der Waals surface area (Å²) in [6.45, 7) is 4.44. The SMILES string of the molecule is CC(C)=C(Cl)N(C)C.NC(=O)C1=NN(CC(=O)O)C2SC(Nc3cncnc3)=NC12.NC(=O)C1=NN(CC(=O)ON2CC[C@H]2C(=O)Nc2cccc(-c3ccccc3Cl)c2F)C2SC(Nc3cncnc3)=NC12.O=C(Nc1cccc(-c2ccccc2Cl)c1F)[C@@H]1CCN1. The summed E-state index contributed by atoms with van der Waals surface area (Å²) in [7, 11) is 3.85. The third kappa shape index (κ3) is 17.1. The minimum absolute atomic E-state index is 0.00802. The molecule has 12 rings (SSSR count). The number of aliphatic carboxylic acids is 1. The number of halogens is 5. The topological polar surface area (TPSA) is 358 Å². The second-order valence-electron chi connectivity index (χ2n) is 21.2. The second-order valence-corrected chi connectivity index (χ2v) is 24.6. The number of hydrogen-bond donors (Lipinski definition) is 8. The Morgan fingerprint density at radius 1 is 0.670 bits per heavy atom. The van der Waals surface area contributed by atoms with E-state index in [9.17, 15) is 33.2 Å². The van der Waals surface area contributed by atoms with Gasteiger partial charge >= 0.3 is 11.9 Å². The van der Waals surface area contributed by atoms with E-state index in [0.29, 0.717) is 61.4 Å². The maximum Gasteiger partial charge on any atom is 0.346 e.